The average molecular weight is 554 g/mol. The van der Waals surface area contributed by atoms with Crippen molar-refractivity contribution in [1.29, 1.82) is 0 Å². The maximum absolute atomic E-state index is 12.7. The average Bonchev–Trinajstić information content (AvgIpc) is 2.60. The smallest absolute Gasteiger partial charge is 0.162 e. The van der Waals surface area contributed by atoms with Crippen molar-refractivity contribution in [3.05, 3.63) is 71.8 Å². The summed E-state index contributed by atoms with van der Waals surface area (Å²) in [4.78, 5) is 11.9. The minimum atomic E-state index is -0.317. The minimum Gasteiger partial charge on any atom is -0.297 e. The van der Waals surface area contributed by atoms with Crippen molar-refractivity contribution in [2.24, 2.45) is 0 Å². The molecule has 0 saturated heterocycles. The summed E-state index contributed by atoms with van der Waals surface area (Å²) in [6, 6.07) is 19.8. The summed E-state index contributed by atoms with van der Waals surface area (Å²) in [5.41, 5.74) is 2.14. The fourth-order valence-corrected chi connectivity index (χ4v) is 4.72. The normalized spacial score (nSPS) is 16.5. The van der Waals surface area contributed by atoms with E-state index in [4.69, 9.17) is 0 Å². The van der Waals surface area contributed by atoms with Gasteiger partial charge < -0.3 is 0 Å². The van der Waals surface area contributed by atoms with E-state index in [1.165, 1.54) is 0 Å². The number of carbonyl (C=O) groups is 1. The van der Waals surface area contributed by atoms with Crippen molar-refractivity contribution in [1.82, 2.24) is 0 Å². The Morgan fingerprint density at radius 2 is 0.955 bits per heavy atom. The molecule has 0 aliphatic heterocycles. The van der Waals surface area contributed by atoms with E-state index in [0.29, 0.717) is 0 Å². The van der Waals surface area contributed by atoms with Crippen LogP contribution in [0.25, 0.3) is 0 Å². The van der Waals surface area contributed by atoms with Crippen LogP contribution in [-0.2, 0) is 4.79 Å². The third-order valence-corrected chi connectivity index (χ3v) is 8.79. The van der Waals surface area contributed by atoms with Gasteiger partial charge in [0.15, 0.2) is 5.78 Å². The van der Waals surface area contributed by atoms with Gasteiger partial charge in [-0.15, -0.1) is 0 Å². The van der Waals surface area contributed by atoms with Crippen molar-refractivity contribution in [2.45, 2.75) is 19.3 Å². The number of alkyl halides is 4. The third kappa shape index (κ3) is 4.53. The molecule has 0 N–H and O–H groups in total. The van der Waals surface area contributed by atoms with Crippen molar-refractivity contribution in [3.8, 4) is 0 Å². The fraction of sp³-hybridized carbons (Fsp3) is 0.235. The predicted octanol–water partition coefficient (Wildman–Crippen LogP) is 6.35. The van der Waals surface area contributed by atoms with Gasteiger partial charge in [-0.3, -0.25) is 4.79 Å². The number of carbonyl (C=O) groups excluding carboxylic acids is 1. The van der Waals surface area contributed by atoms with E-state index in [-0.39, 0.29) is 25.1 Å². The predicted molar refractivity (Wildman–Crippen MR) is 107 cm³/mol. The molecular weight excluding hydrogens is 540 g/mol. The third-order valence-electron chi connectivity index (χ3n) is 3.29. The molecule has 2 aromatic rings. The van der Waals surface area contributed by atoms with Crippen LogP contribution in [0.2, 0.25) is 0 Å². The number of ketones is 1. The van der Waals surface area contributed by atoms with Crippen molar-refractivity contribution in [3.63, 3.8) is 0 Å². The Labute approximate surface area is 164 Å². The lowest BCUT2D eigenvalue weighted by Crippen LogP contribution is -2.29. The number of benzene rings is 2. The van der Waals surface area contributed by atoms with Gasteiger partial charge in [0.05, 0.1) is 19.3 Å². The van der Waals surface area contributed by atoms with Gasteiger partial charge in [0.2, 0.25) is 0 Å². The zero-order valence-corrected chi connectivity index (χ0v) is 17.8. The van der Waals surface area contributed by atoms with Gasteiger partial charge in [-0.05, 0) is 11.1 Å². The van der Waals surface area contributed by atoms with Crippen LogP contribution in [0.1, 0.15) is 20.8 Å². The van der Waals surface area contributed by atoms with Gasteiger partial charge in [0, 0.05) is 0 Å². The van der Waals surface area contributed by atoms with Gasteiger partial charge in [0.25, 0.3) is 0 Å². The first-order valence-corrected chi connectivity index (χ1v) is 10.4. The maximum atomic E-state index is 12.7. The van der Waals surface area contributed by atoms with E-state index >= 15 is 0 Å². The highest BCUT2D eigenvalue weighted by Gasteiger charge is 2.33. The highest BCUT2D eigenvalue weighted by atomic mass is 79.9. The molecule has 5 heteroatoms. The maximum Gasteiger partial charge on any atom is 0.162 e. The van der Waals surface area contributed by atoms with Crippen LogP contribution in [-0.4, -0.2) is 15.4 Å². The highest BCUT2D eigenvalue weighted by molar-refractivity contribution is 9.13. The Balaban J connectivity index is 2.10. The zero-order chi connectivity index (χ0) is 16.1. The second kappa shape index (κ2) is 8.76. The van der Waals surface area contributed by atoms with Crippen LogP contribution >= 0.6 is 63.7 Å². The van der Waals surface area contributed by atoms with E-state index in [0.717, 1.165) is 11.1 Å². The molecule has 0 aliphatic rings. The molecule has 0 fully saturated rings. The molecule has 0 aromatic heterocycles. The van der Waals surface area contributed by atoms with Crippen molar-refractivity contribution >= 4 is 69.5 Å². The lowest BCUT2D eigenvalue weighted by molar-refractivity contribution is -0.117. The Bertz CT molecular complexity index is 549. The second-order valence-corrected chi connectivity index (χ2v) is 8.78. The van der Waals surface area contributed by atoms with Crippen LogP contribution in [0.4, 0.5) is 0 Å². The molecule has 116 valence electrons. The van der Waals surface area contributed by atoms with E-state index in [2.05, 4.69) is 63.7 Å². The first-order valence-electron chi connectivity index (χ1n) is 6.72. The van der Waals surface area contributed by atoms with Gasteiger partial charge in [0.1, 0.15) is 0 Å². The van der Waals surface area contributed by atoms with Crippen LogP contribution in [0.3, 0.4) is 0 Å². The van der Waals surface area contributed by atoms with E-state index in [1.54, 1.807) is 0 Å². The van der Waals surface area contributed by atoms with Crippen LogP contribution in [0.5, 0.6) is 0 Å². The van der Waals surface area contributed by atoms with Gasteiger partial charge in [-0.25, -0.2) is 0 Å². The number of hydrogen-bond acceptors (Lipinski definition) is 1. The van der Waals surface area contributed by atoms with Crippen LogP contribution < -0.4 is 0 Å². The highest BCUT2D eigenvalue weighted by Crippen LogP contribution is 2.38. The Morgan fingerprint density at radius 3 is 1.27 bits per heavy atom. The topological polar surface area (TPSA) is 17.1 Å². The van der Waals surface area contributed by atoms with Crippen LogP contribution in [0, 0.1) is 0 Å². The van der Waals surface area contributed by atoms with E-state index in [9.17, 15) is 4.79 Å². The number of rotatable bonds is 6. The number of hydrogen-bond donors (Lipinski definition) is 0. The molecule has 0 saturated carbocycles. The molecule has 0 amide bonds. The molecule has 1 nitrogen and oxygen atoms in total. The summed E-state index contributed by atoms with van der Waals surface area (Å²) in [5, 5.41) is 0. The lowest BCUT2D eigenvalue weighted by Gasteiger charge is -2.22. The van der Waals surface area contributed by atoms with Crippen molar-refractivity contribution in [2.75, 3.05) is 0 Å². The van der Waals surface area contributed by atoms with Crippen LogP contribution in [0.15, 0.2) is 60.7 Å². The molecule has 2 aromatic carbocycles. The van der Waals surface area contributed by atoms with E-state index < -0.39 is 0 Å². The summed E-state index contributed by atoms with van der Waals surface area (Å²) in [6.45, 7) is 0. The molecule has 0 unspecified atom stereocenters. The molecule has 0 bridgehead atoms. The van der Waals surface area contributed by atoms with Gasteiger partial charge in [-0.1, -0.05) is 124 Å². The van der Waals surface area contributed by atoms with Gasteiger partial charge >= 0.3 is 0 Å². The monoisotopic (exact) mass is 550 g/mol. The van der Waals surface area contributed by atoms with Gasteiger partial charge in [-0.2, -0.15) is 0 Å². The summed E-state index contributed by atoms with van der Waals surface area (Å²) < 4.78 is 0. The Kier molecular flexibility index (Phi) is 7.32. The van der Waals surface area contributed by atoms with Crippen molar-refractivity contribution < 1.29 is 4.79 Å². The molecule has 0 heterocycles. The SMILES string of the molecule is O=C([C@@H](Br)[C@@H](Br)c1ccccc1)[C@H](Br)[C@H](Br)c1ccccc1. The fourth-order valence-electron chi connectivity index (χ4n) is 2.05. The summed E-state index contributed by atoms with van der Waals surface area (Å²) >= 11 is 14.3. The zero-order valence-electron chi connectivity index (χ0n) is 11.5. The second-order valence-electron chi connectivity index (χ2n) is 4.83. The molecule has 22 heavy (non-hydrogen) atoms. The molecule has 0 aliphatic carbocycles. The quantitative estimate of drug-likeness (QED) is 0.381. The minimum absolute atomic E-state index is 0.0725. The van der Waals surface area contributed by atoms with E-state index in [1.807, 2.05) is 60.7 Å². The standard InChI is InChI=1S/C17H14Br4O/c18-13(11-7-3-1-4-8-11)15(20)17(22)16(21)14(19)12-9-5-2-6-10-12/h1-10,13-16H/t13-,14+,15-,16+. The largest absolute Gasteiger partial charge is 0.297 e. The lowest BCUT2D eigenvalue weighted by atomic mass is 10.0. The molecular formula is C17H14Br4O. The summed E-state index contributed by atoms with van der Waals surface area (Å²) in [7, 11) is 0. The summed E-state index contributed by atoms with van der Waals surface area (Å²) in [6.07, 6.45) is 0. The first-order chi connectivity index (χ1) is 10.5. The Hall–Kier alpha value is 0.0300. The number of halogens is 4. The molecule has 2 rings (SSSR count). The molecule has 0 radical (unpaired) electrons. The first kappa shape index (κ1) is 18.4. The molecule has 0 spiro atoms. The Morgan fingerprint density at radius 1 is 0.636 bits per heavy atom. The summed E-state index contributed by atoms with van der Waals surface area (Å²) in [5.74, 6) is 0.0939. The molecule has 4 atom stereocenters. The number of Topliss-reactive ketones (excluding diaryl/α,β-unsaturated/α-hetero) is 1.